The number of nitrogens with zero attached hydrogens (tertiary/aromatic N) is 5. The first-order chi connectivity index (χ1) is 16.0. The molecule has 3 aliphatic rings. The molecule has 7 heteroatoms. The van der Waals surface area contributed by atoms with Crippen molar-refractivity contribution in [2.75, 3.05) is 26.3 Å². The molecule has 170 valence electrons. The van der Waals surface area contributed by atoms with Crippen LogP contribution in [0.15, 0.2) is 66.2 Å². The van der Waals surface area contributed by atoms with E-state index in [9.17, 15) is 9.18 Å². The number of amides is 1. The van der Waals surface area contributed by atoms with Crippen LogP contribution in [0.4, 0.5) is 4.39 Å². The molecule has 1 amide bonds. The number of hydrogen-bond donors (Lipinski definition) is 0. The maximum absolute atomic E-state index is 13.3. The number of piperidine rings is 1. The Morgan fingerprint density at radius 1 is 1.15 bits per heavy atom. The third-order valence-corrected chi connectivity index (χ3v) is 6.58. The van der Waals surface area contributed by atoms with Gasteiger partial charge in [-0.05, 0) is 69.5 Å². The minimum Gasteiger partial charge on any atom is -0.301 e. The summed E-state index contributed by atoms with van der Waals surface area (Å²) in [5.41, 5.74) is 6.24. The normalized spacial score (nSPS) is 21.4. The summed E-state index contributed by atoms with van der Waals surface area (Å²) in [6.45, 7) is 5.91. The van der Waals surface area contributed by atoms with Gasteiger partial charge in [-0.2, -0.15) is 5.10 Å². The Bertz CT molecular complexity index is 1240. The molecule has 0 N–H and O–H groups in total. The summed E-state index contributed by atoms with van der Waals surface area (Å²) in [6.07, 6.45) is 17.4. The van der Waals surface area contributed by atoms with Gasteiger partial charge in [0.1, 0.15) is 6.67 Å². The molecule has 0 atom stereocenters. The van der Waals surface area contributed by atoms with E-state index in [1.54, 1.807) is 11.0 Å². The fourth-order valence-electron chi connectivity index (χ4n) is 4.80. The van der Waals surface area contributed by atoms with Gasteiger partial charge in [-0.25, -0.2) is 8.91 Å². The molecule has 2 aromatic rings. The number of rotatable bonds is 4. The first-order valence-corrected chi connectivity index (χ1v) is 11.5. The van der Waals surface area contributed by atoms with Crippen molar-refractivity contribution in [1.82, 2.24) is 24.4 Å². The van der Waals surface area contributed by atoms with Gasteiger partial charge in [0.25, 0.3) is 5.91 Å². The van der Waals surface area contributed by atoms with E-state index < -0.39 is 0 Å². The van der Waals surface area contributed by atoms with Crippen molar-refractivity contribution in [1.29, 1.82) is 0 Å². The fraction of sp³-hybridized carbons (Fsp3) is 0.346. The lowest BCUT2D eigenvalue weighted by Crippen LogP contribution is -2.36. The Morgan fingerprint density at radius 2 is 1.97 bits per heavy atom. The van der Waals surface area contributed by atoms with E-state index in [2.05, 4.69) is 21.1 Å². The van der Waals surface area contributed by atoms with Crippen LogP contribution in [0.25, 0.3) is 11.1 Å². The second kappa shape index (κ2) is 8.90. The maximum Gasteiger partial charge on any atom is 0.255 e. The molecule has 0 radical (unpaired) electrons. The van der Waals surface area contributed by atoms with Crippen LogP contribution in [0.1, 0.15) is 29.9 Å². The van der Waals surface area contributed by atoms with Crippen LogP contribution in [0.3, 0.4) is 0 Å². The molecule has 5 rings (SSSR count). The number of carbonyl (C=O) groups excluding carboxylic acids is 1. The molecular formula is C26H28FN5O. The predicted octanol–water partition coefficient (Wildman–Crippen LogP) is 4.15. The van der Waals surface area contributed by atoms with E-state index in [-0.39, 0.29) is 12.6 Å². The van der Waals surface area contributed by atoms with Gasteiger partial charge in [0.05, 0.1) is 28.8 Å². The highest BCUT2D eigenvalue weighted by atomic mass is 19.1. The molecule has 0 unspecified atom stereocenters. The molecule has 33 heavy (non-hydrogen) atoms. The summed E-state index contributed by atoms with van der Waals surface area (Å²) in [5.74, 6) is 0.286. The quantitative estimate of drug-likeness (QED) is 0.710. The number of likely N-dealkylation sites (tertiary alicyclic amines) is 1. The minimum absolute atomic E-state index is 0.0969. The summed E-state index contributed by atoms with van der Waals surface area (Å²) in [4.78, 5) is 21.7. The van der Waals surface area contributed by atoms with Crippen molar-refractivity contribution < 1.29 is 9.18 Å². The number of carbonyl (C=O) groups is 1. The zero-order valence-corrected chi connectivity index (χ0v) is 19.0. The molecule has 0 aliphatic carbocycles. The topological polar surface area (TPSA) is 53.7 Å². The van der Waals surface area contributed by atoms with Crippen molar-refractivity contribution in [3.05, 3.63) is 83.3 Å². The maximum atomic E-state index is 13.3. The summed E-state index contributed by atoms with van der Waals surface area (Å²) in [6, 6.07) is 1.97. The van der Waals surface area contributed by atoms with Crippen molar-refractivity contribution >= 4 is 17.0 Å². The first-order valence-electron chi connectivity index (χ1n) is 11.5. The van der Waals surface area contributed by atoms with E-state index in [4.69, 9.17) is 0 Å². The van der Waals surface area contributed by atoms with Gasteiger partial charge < -0.3 is 4.90 Å². The first kappa shape index (κ1) is 21.5. The average molecular weight is 446 g/mol. The monoisotopic (exact) mass is 445 g/mol. The van der Waals surface area contributed by atoms with Gasteiger partial charge >= 0.3 is 0 Å². The van der Waals surface area contributed by atoms with Crippen LogP contribution in [-0.2, 0) is 4.79 Å². The number of alkyl halides is 1. The van der Waals surface area contributed by atoms with Gasteiger partial charge in [-0.1, -0.05) is 18.2 Å². The molecule has 0 bridgehead atoms. The highest BCUT2D eigenvalue weighted by Gasteiger charge is 2.25. The molecule has 2 aromatic heterocycles. The van der Waals surface area contributed by atoms with Crippen LogP contribution in [0.5, 0.6) is 0 Å². The average Bonchev–Trinajstić information content (AvgIpc) is 3.22. The predicted molar refractivity (Wildman–Crippen MR) is 127 cm³/mol. The van der Waals surface area contributed by atoms with Crippen molar-refractivity contribution in [3.8, 4) is 0 Å². The highest BCUT2D eigenvalue weighted by Crippen LogP contribution is 2.31. The van der Waals surface area contributed by atoms with E-state index in [1.165, 1.54) is 0 Å². The summed E-state index contributed by atoms with van der Waals surface area (Å²) in [5, 5.41) is 4.68. The molecular weight excluding hydrogens is 417 g/mol. The second-order valence-corrected chi connectivity index (χ2v) is 8.85. The molecule has 0 spiro atoms. The lowest BCUT2D eigenvalue weighted by Gasteiger charge is -2.34. The van der Waals surface area contributed by atoms with Gasteiger partial charge in [0, 0.05) is 30.1 Å². The Kier molecular flexibility index (Phi) is 5.81. The number of aromatic nitrogens is 3. The Morgan fingerprint density at radius 3 is 2.76 bits per heavy atom. The van der Waals surface area contributed by atoms with Crippen LogP contribution >= 0.6 is 0 Å². The third kappa shape index (κ3) is 4.33. The van der Waals surface area contributed by atoms with Crippen LogP contribution < -0.4 is 0 Å². The van der Waals surface area contributed by atoms with E-state index in [1.807, 2.05) is 61.1 Å². The molecule has 3 aliphatic heterocycles. The molecule has 1 saturated heterocycles. The summed E-state index contributed by atoms with van der Waals surface area (Å²) in [7, 11) is 0. The Hall–Kier alpha value is -3.32. The lowest BCUT2D eigenvalue weighted by molar-refractivity contribution is -0.122. The Labute approximate surface area is 193 Å². The fourth-order valence-corrected chi connectivity index (χ4v) is 4.80. The zero-order chi connectivity index (χ0) is 22.9. The number of aryl methyl sites for hydroxylation is 2. The number of allylic oxidation sites excluding steroid dienone is 7. The molecule has 0 saturated carbocycles. The molecule has 1 fully saturated rings. The second-order valence-electron chi connectivity index (χ2n) is 8.85. The van der Waals surface area contributed by atoms with Gasteiger partial charge in [0.2, 0.25) is 0 Å². The van der Waals surface area contributed by atoms with Gasteiger partial charge in [-0.3, -0.25) is 14.7 Å². The van der Waals surface area contributed by atoms with E-state index in [0.717, 1.165) is 65.4 Å². The smallest absolute Gasteiger partial charge is 0.255 e. The number of halogens is 1. The van der Waals surface area contributed by atoms with Crippen LogP contribution in [0, 0.1) is 19.8 Å². The van der Waals surface area contributed by atoms with Gasteiger partial charge in [0.15, 0.2) is 0 Å². The lowest BCUT2D eigenvalue weighted by atomic mass is 9.88. The van der Waals surface area contributed by atoms with Crippen LogP contribution in [-0.4, -0.2) is 56.6 Å². The third-order valence-electron chi connectivity index (χ3n) is 6.58. The minimum atomic E-state index is -0.298. The molecule has 0 aromatic carbocycles. The highest BCUT2D eigenvalue weighted by molar-refractivity contribution is 5.99. The van der Waals surface area contributed by atoms with Crippen molar-refractivity contribution in [3.63, 3.8) is 0 Å². The van der Waals surface area contributed by atoms with Gasteiger partial charge in [-0.15, -0.1) is 0 Å². The standard InChI is InChI=1S/C26H28FN5O/c1-18-16-32-25(19(2)28-18)15-24(29-32)21-4-3-5-23-7-6-22(17-31(23)26(33)14-21)20-8-11-30(12-9-20)13-10-27/h3-7,14-17,20H,8-13H2,1-2H3/b4-3?,21-14?,23-5+. The zero-order valence-electron chi connectivity index (χ0n) is 19.0. The number of fused-ring (bicyclic) bond motifs is 2. The Balaban J connectivity index is 1.41. The van der Waals surface area contributed by atoms with Crippen molar-refractivity contribution in [2.24, 2.45) is 5.92 Å². The number of hydrogen-bond acceptors (Lipinski definition) is 4. The van der Waals surface area contributed by atoms with Crippen molar-refractivity contribution in [2.45, 2.75) is 26.7 Å². The van der Waals surface area contributed by atoms with Crippen LogP contribution in [0.2, 0.25) is 0 Å². The largest absolute Gasteiger partial charge is 0.301 e. The van der Waals surface area contributed by atoms with E-state index in [0.29, 0.717) is 12.5 Å². The van der Waals surface area contributed by atoms with E-state index >= 15 is 0 Å². The summed E-state index contributed by atoms with van der Waals surface area (Å²) >= 11 is 0. The SMILES string of the molecule is Cc1cn2nc(C3=CC(=O)N4C=C(C5CCN(CCF)CC5)C=C/C4=C\C=C3)cc2c(C)n1. The summed E-state index contributed by atoms with van der Waals surface area (Å²) < 4.78 is 14.5. The molecule has 6 nitrogen and oxygen atoms in total. The molecule has 5 heterocycles.